The Morgan fingerprint density at radius 1 is 1.13 bits per heavy atom. The molecule has 2 aliphatic rings. The highest BCUT2D eigenvalue weighted by atomic mass is 127. The summed E-state index contributed by atoms with van der Waals surface area (Å²) in [6.07, 6.45) is 6.24. The molecule has 0 spiro atoms. The zero-order valence-electron chi connectivity index (χ0n) is 18.8. The Kier molecular flexibility index (Phi) is 15.5. The predicted octanol–water partition coefficient (Wildman–Crippen LogP) is 1.59. The number of rotatable bonds is 11. The first-order valence-electron chi connectivity index (χ1n) is 11.3. The van der Waals surface area contributed by atoms with Gasteiger partial charge in [0.25, 0.3) is 0 Å². The summed E-state index contributed by atoms with van der Waals surface area (Å²) in [5.41, 5.74) is 0. The summed E-state index contributed by atoms with van der Waals surface area (Å²) in [7, 11) is 1.81. The van der Waals surface area contributed by atoms with Gasteiger partial charge in [-0.15, -0.1) is 24.0 Å². The molecule has 30 heavy (non-hydrogen) atoms. The molecule has 2 fully saturated rings. The molecule has 0 saturated carbocycles. The van der Waals surface area contributed by atoms with E-state index in [1.807, 2.05) is 7.05 Å². The van der Waals surface area contributed by atoms with E-state index < -0.39 is 0 Å². The highest BCUT2D eigenvalue weighted by Gasteiger charge is 2.21. The van der Waals surface area contributed by atoms with Crippen LogP contribution in [0.3, 0.4) is 0 Å². The summed E-state index contributed by atoms with van der Waals surface area (Å²) in [5.74, 6) is 1.65. The lowest BCUT2D eigenvalue weighted by molar-refractivity contribution is -0.122. The molecule has 0 unspecified atom stereocenters. The maximum Gasteiger partial charge on any atom is 0.234 e. The quantitative estimate of drug-likeness (QED) is 0.160. The number of nitrogens with zero attached hydrogens (tertiary/aromatic N) is 2. The maximum atomic E-state index is 11.8. The summed E-state index contributed by atoms with van der Waals surface area (Å²) in [4.78, 5) is 18.4. The number of nitrogens with one attached hydrogen (secondary N) is 3. The van der Waals surface area contributed by atoms with Gasteiger partial charge in [0.2, 0.25) is 5.91 Å². The molecule has 0 bridgehead atoms. The number of amides is 1. The summed E-state index contributed by atoms with van der Waals surface area (Å²) < 4.78 is 11.2. The molecular formula is C21H42IN5O3. The van der Waals surface area contributed by atoms with Crippen LogP contribution in [0.15, 0.2) is 4.99 Å². The number of guanidine groups is 1. The van der Waals surface area contributed by atoms with Crippen molar-refractivity contribution in [2.45, 2.75) is 51.5 Å². The average molecular weight is 540 g/mol. The number of likely N-dealkylation sites (tertiary alicyclic amines) is 1. The third-order valence-electron chi connectivity index (χ3n) is 5.54. The minimum absolute atomic E-state index is 0. The second-order valence-electron chi connectivity index (χ2n) is 8.03. The molecule has 2 heterocycles. The van der Waals surface area contributed by atoms with Gasteiger partial charge in [-0.1, -0.05) is 6.92 Å². The molecule has 2 rings (SSSR count). The van der Waals surface area contributed by atoms with Crippen molar-refractivity contribution in [2.75, 3.05) is 66.2 Å². The van der Waals surface area contributed by atoms with Crippen LogP contribution in [0.4, 0.5) is 0 Å². The van der Waals surface area contributed by atoms with Crippen molar-refractivity contribution in [1.29, 1.82) is 0 Å². The van der Waals surface area contributed by atoms with Crippen molar-refractivity contribution < 1.29 is 14.3 Å². The first-order valence-corrected chi connectivity index (χ1v) is 11.3. The minimum atomic E-state index is 0. The number of carbonyl (C=O) groups excluding carboxylic acids is 1. The van der Waals surface area contributed by atoms with E-state index in [1.165, 1.54) is 0 Å². The summed E-state index contributed by atoms with van der Waals surface area (Å²) in [6.45, 7) is 9.45. The zero-order chi connectivity index (χ0) is 20.7. The summed E-state index contributed by atoms with van der Waals surface area (Å²) >= 11 is 0. The van der Waals surface area contributed by atoms with Gasteiger partial charge < -0.3 is 25.4 Å². The largest absolute Gasteiger partial charge is 0.381 e. The van der Waals surface area contributed by atoms with Crippen molar-refractivity contribution in [3.8, 4) is 0 Å². The molecule has 2 aliphatic heterocycles. The van der Waals surface area contributed by atoms with Gasteiger partial charge in [0.15, 0.2) is 5.96 Å². The van der Waals surface area contributed by atoms with Crippen LogP contribution < -0.4 is 16.0 Å². The fourth-order valence-electron chi connectivity index (χ4n) is 3.69. The molecule has 0 aromatic carbocycles. The van der Waals surface area contributed by atoms with Gasteiger partial charge in [0, 0.05) is 65.7 Å². The van der Waals surface area contributed by atoms with Crippen LogP contribution in [-0.4, -0.2) is 89.0 Å². The van der Waals surface area contributed by atoms with Crippen LogP contribution in [0.2, 0.25) is 0 Å². The SMILES string of the molecule is CCCNC(=O)CN1CCC(NC(=NC)NCCCOCC2CCOCC2)CC1.I. The molecule has 0 aliphatic carbocycles. The number of aliphatic imine (C=N–C) groups is 1. The number of carbonyl (C=O) groups is 1. The van der Waals surface area contributed by atoms with Crippen molar-refractivity contribution >= 4 is 35.8 Å². The fourth-order valence-corrected chi connectivity index (χ4v) is 3.69. The second-order valence-corrected chi connectivity index (χ2v) is 8.03. The van der Waals surface area contributed by atoms with Crippen molar-refractivity contribution in [2.24, 2.45) is 10.9 Å². The van der Waals surface area contributed by atoms with E-state index in [4.69, 9.17) is 9.47 Å². The first kappa shape index (κ1) is 27.4. The molecule has 176 valence electrons. The molecule has 2 saturated heterocycles. The highest BCUT2D eigenvalue weighted by molar-refractivity contribution is 14.0. The summed E-state index contributed by atoms with van der Waals surface area (Å²) in [5, 5.41) is 9.84. The second kappa shape index (κ2) is 17.0. The predicted molar refractivity (Wildman–Crippen MR) is 132 cm³/mol. The van der Waals surface area contributed by atoms with E-state index in [9.17, 15) is 4.79 Å². The van der Waals surface area contributed by atoms with Gasteiger partial charge in [-0.25, -0.2) is 0 Å². The molecule has 8 nitrogen and oxygen atoms in total. The number of hydrogen-bond acceptors (Lipinski definition) is 5. The fraction of sp³-hybridized carbons (Fsp3) is 0.905. The lowest BCUT2D eigenvalue weighted by Gasteiger charge is -2.32. The number of ether oxygens (including phenoxy) is 2. The molecule has 9 heteroatoms. The summed E-state index contributed by atoms with van der Waals surface area (Å²) in [6, 6.07) is 0.404. The van der Waals surface area contributed by atoms with Crippen LogP contribution in [0.25, 0.3) is 0 Å². The Morgan fingerprint density at radius 2 is 1.87 bits per heavy atom. The Labute approximate surface area is 199 Å². The minimum Gasteiger partial charge on any atom is -0.381 e. The van der Waals surface area contributed by atoms with Crippen LogP contribution in [0.5, 0.6) is 0 Å². The van der Waals surface area contributed by atoms with E-state index in [0.29, 0.717) is 18.5 Å². The normalized spacial score (nSPS) is 19.2. The molecule has 1 amide bonds. The van der Waals surface area contributed by atoms with Crippen LogP contribution in [0.1, 0.15) is 45.4 Å². The third kappa shape index (κ3) is 11.7. The molecule has 0 radical (unpaired) electrons. The monoisotopic (exact) mass is 539 g/mol. The molecule has 3 N–H and O–H groups in total. The Balaban J connectivity index is 0.00000450. The molecule has 0 atom stereocenters. The standard InChI is InChI=1S/C21H41N5O3.HI/c1-3-9-23-20(27)16-26-11-5-19(6-12-26)25-21(22-2)24-10-4-13-29-17-18-7-14-28-15-8-18;/h18-19H,3-17H2,1-2H3,(H,23,27)(H2,22,24,25);1H. The van der Waals surface area contributed by atoms with Crippen LogP contribution >= 0.6 is 24.0 Å². The van der Waals surface area contributed by atoms with E-state index in [-0.39, 0.29) is 29.9 Å². The molecule has 0 aromatic heterocycles. The van der Waals surface area contributed by atoms with Crippen molar-refractivity contribution in [1.82, 2.24) is 20.9 Å². The van der Waals surface area contributed by atoms with Gasteiger partial charge in [-0.3, -0.25) is 14.7 Å². The van der Waals surface area contributed by atoms with Gasteiger partial charge in [-0.2, -0.15) is 0 Å². The van der Waals surface area contributed by atoms with Gasteiger partial charge in [-0.05, 0) is 44.4 Å². The Bertz CT molecular complexity index is 481. The Hall–Kier alpha value is -0.650. The van der Waals surface area contributed by atoms with E-state index >= 15 is 0 Å². The highest BCUT2D eigenvalue weighted by Crippen LogP contribution is 2.14. The number of piperidine rings is 1. The lowest BCUT2D eigenvalue weighted by Crippen LogP contribution is -2.50. The van der Waals surface area contributed by atoms with Gasteiger partial charge >= 0.3 is 0 Å². The average Bonchev–Trinajstić information content (AvgIpc) is 2.75. The lowest BCUT2D eigenvalue weighted by atomic mass is 10.0. The number of halogens is 1. The van der Waals surface area contributed by atoms with Gasteiger partial charge in [0.1, 0.15) is 0 Å². The van der Waals surface area contributed by atoms with E-state index in [2.05, 4.69) is 32.8 Å². The maximum absolute atomic E-state index is 11.8. The molecular weight excluding hydrogens is 497 g/mol. The van der Waals surface area contributed by atoms with Crippen molar-refractivity contribution in [3.63, 3.8) is 0 Å². The van der Waals surface area contributed by atoms with Gasteiger partial charge in [0.05, 0.1) is 6.54 Å². The van der Waals surface area contributed by atoms with E-state index in [1.54, 1.807) is 0 Å². The smallest absolute Gasteiger partial charge is 0.234 e. The Morgan fingerprint density at radius 3 is 2.53 bits per heavy atom. The topological polar surface area (TPSA) is 87.2 Å². The number of hydrogen-bond donors (Lipinski definition) is 3. The first-order chi connectivity index (χ1) is 14.2. The van der Waals surface area contributed by atoms with Crippen LogP contribution in [0, 0.1) is 5.92 Å². The molecule has 0 aromatic rings. The van der Waals surface area contributed by atoms with E-state index in [0.717, 1.165) is 97.1 Å². The van der Waals surface area contributed by atoms with Crippen molar-refractivity contribution in [3.05, 3.63) is 0 Å². The third-order valence-corrected chi connectivity index (χ3v) is 5.54. The van der Waals surface area contributed by atoms with Crippen LogP contribution in [-0.2, 0) is 14.3 Å². The zero-order valence-corrected chi connectivity index (χ0v) is 21.1.